The molecule has 0 aromatic heterocycles. The Morgan fingerprint density at radius 3 is 1.95 bits per heavy atom. The van der Waals surface area contributed by atoms with Crippen molar-refractivity contribution >= 4 is 5.69 Å². The number of nitro benzene ring substituents is 1. The van der Waals surface area contributed by atoms with Crippen LogP contribution in [-0.2, 0) is 0 Å². The van der Waals surface area contributed by atoms with Gasteiger partial charge < -0.3 is 4.74 Å². The largest absolute Gasteiger partial charge is 0.497 e. The second-order valence-corrected chi connectivity index (χ2v) is 5.07. The van der Waals surface area contributed by atoms with Gasteiger partial charge in [0.1, 0.15) is 5.75 Å². The minimum Gasteiger partial charge on any atom is -0.497 e. The molecule has 4 nitrogen and oxygen atoms in total. The minimum absolute atomic E-state index is 0.149. The topological polar surface area (TPSA) is 52.4 Å². The molecule has 0 radical (unpaired) electrons. The van der Waals surface area contributed by atoms with Crippen LogP contribution in [0.25, 0.3) is 0 Å². The maximum Gasteiger partial charge on any atom is 0.269 e. The van der Waals surface area contributed by atoms with Crippen molar-refractivity contribution < 1.29 is 9.66 Å². The summed E-state index contributed by atoms with van der Waals surface area (Å²) in [5, 5.41) is 10.6. The van der Waals surface area contributed by atoms with Gasteiger partial charge in [-0.2, -0.15) is 0 Å². The molecule has 3 rings (SSSR count). The molecule has 2 atom stereocenters. The smallest absolute Gasteiger partial charge is 0.269 e. The number of methoxy groups -OCH3 is 1. The summed E-state index contributed by atoms with van der Waals surface area (Å²) >= 11 is 0. The molecule has 102 valence electrons. The summed E-state index contributed by atoms with van der Waals surface area (Å²) in [6.45, 7) is 0. The quantitative estimate of drug-likeness (QED) is 0.625. The summed E-state index contributed by atoms with van der Waals surface area (Å²) in [5.74, 6) is 1.85. The van der Waals surface area contributed by atoms with Gasteiger partial charge in [0.25, 0.3) is 5.69 Å². The zero-order valence-corrected chi connectivity index (χ0v) is 11.2. The molecule has 0 unspecified atom stereocenters. The van der Waals surface area contributed by atoms with Crippen molar-refractivity contribution in [2.24, 2.45) is 0 Å². The predicted octanol–water partition coefficient (Wildman–Crippen LogP) is 3.87. The van der Waals surface area contributed by atoms with Crippen molar-refractivity contribution in [1.82, 2.24) is 0 Å². The van der Waals surface area contributed by atoms with Gasteiger partial charge in [0.15, 0.2) is 0 Å². The molecule has 1 fully saturated rings. The van der Waals surface area contributed by atoms with Crippen LogP contribution in [0.15, 0.2) is 48.5 Å². The van der Waals surface area contributed by atoms with Crippen LogP contribution < -0.4 is 4.74 Å². The van der Waals surface area contributed by atoms with Crippen molar-refractivity contribution in [3.05, 3.63) is 69.8 Å². The first-order valence-electron chi connectivity index (χ1n) is 6.57. The molecule has 0 heterocycles. The summed E-state index contributed by atoms with van der Waals surface area (Å²) in [6.07, 6.45) is 1.10. The van der Waals surface area contributed by atoms with E-state index in [2.05, 4.69) is 12.1 Å². The van der Waals surface area contributed by atoms with Gasteiger partial charge in [-0.05, 0) is 41.5 Å². The Hall–Kier alpha value is -2.36. The van der Waals surface area contributed by atoms with Gasteiger partial charge in [-0.25, -0.2) is 0 Å². The molecule has 20 heavy (non-hydrogen) atoms. The maximum absolute atomic E-state index is 10.6. The van der Waals surface area contributed by atoms with Gasteiger partial charge in [-0.1, -0.05) is 24.3 Å². The number of hydrogen-bond donors (Lipinski definition) is 0. The summed E-state index contributed by atoms with van der Waals surface area (Å²) < 4.78 is 5.15. The van der Waals surface area contributed by atoms with E-state index >= 15 is 0 Å². The lowest BCUT2D eigenvalue weighted by Gasteiger charge is -2.03. The second kappa shape index (κ2) is 4.96. The molecular weight excluding hydrogens is 254 g/mol. The Morgan fingerprint density at radius 1 is 1.00 bits per heavy atom. The lowest BCUT2D eigenvalue weighted by molar-refractivity contribution is -0.384. The summed E-state index contributed by atoms with van der Waals surface area (Å²) in [6, 6.07) is 15.0. The number of hydrogen-bond acceptors (Lipinski definition) is 3. The highest BCUT2D eigenvalue weighted by molar-refractivity contribution is 5.41. The van der Waals surface area contributed by atoms with Gasteiger partial charge in [0, 0.05) is 12.1 Å². The van der Waals surface area contributed by atoms with Crippen LogP contribution in [0.5, 0.6) is 5.75 Å². The van der Waals surface area contributed by atoms with Crippen molar-refractivity contribution in [2.75, 3.05) is 7.11 Å². The number of non-ortho nitro benzene ring substituents is 1. The van der Waals surface area contributed by atoms with E-state index in [9.17, 15) is 10.1 Å². The monoisotopic (exact) mass is 269 g/mol. The molecule has 0 amide bonds. The number of ether oxygens (including phenoxy) is 1. The third-order valence-corrected chi connectivity index (χ3v) is 3.87. The van der Waals surface area contributed by atoms with E-state index in [1.54, 1.807) is 19.2 Å². The number of nitrogens with zero attached hydrogens (tertiary/aromatic N) is 1. The highest BCUT2D eigenvalue weighted by Gasteiger charge is 2.39. The fourth-order valence-corrected chi connectivity index (χ4v) is 2.63. The van der Waals surface area contributed by atoms with E-state index in [1.807, 2.05) is 24.3 Å². The number of benzene rings is 2. The summed E-state index contributed by atoms with van der Waals surface area (Å²) in [5.41, 5.74) is 2.63. The molecule has 2 aromatic rings. The average Bonchev–Trinajstić information content (AvgIpc) is 3.28. The molecular formula is C16H15NO3. The molecule has 1 saturated carbocycles. The molecule has 0 bridgehead atoms. The molecule has 0 spiro atoms. The molecule has 2 aromatic carbocycles. The zero-order valence-electron chi connectivity index (χ0n) is 11.2. The lowest BCUT2D eigenvalue weighted by atomic mass is 10.0. The highest BCUT2D eigenvalue weighted by atomic mass is 16.6. The van der Waals surface area contributed by atoms with Crippen LogP contribution in [0.1, 0.15) is 29.4 Å². The van der Waals surface area contributed by atoms with Gasteiger partial charge in [0.2, 0.25) is 0 Å². The highest BCUT2D eigenvalue weighted by Crippen LogP contribution is 2.54. The molecule has 0 saturated heterocycles. The Bertz CT molecular complexity index is 619. The van der Waals surface area contributed by atoms with Crippen LogP contribution in [0.4, 0.5) is 5.69 Å². The first kappa shape index (κ1) is 12.7. The lowest BCUT2D eigenvalue weighted by Crippen LogP contribution is -1.89. The Kier molecular flexibility index (Phi) is 3.14. The van der Waals surface area contributed by atoms with Gasteiger partial charge >= 0.3 is 0 Å². The second-order valence-electron chi connectivity index (χ2n) is 5.07. The Balaban J connectivity index is 1.73. The SMILES string of the molecule is COc1ccc([C@@H]2C[C@H]2c2ccc([N+](=O)[O-])cc2)cc1. The van der Waals surface area contributed by atoms with E-state index in [0.29, 0.717) is 11.8 Å². The third kappa shape index (κ3) is 2.37. The summed E-state index contributed by atoms with van der Waals surface area (Å²) in [7, 11) is 1.66. The first-order valence-corrected chi connectivity index (χ1v) is 6.57. The van der Waals surface area contributed by atoms with Gasteiger partial charge in [-0.15, -0.1) is 0 Å². The number of nitro groups is 1. The van der Waals surface area contributed by atoms with Crippen LogP contribution >= 0.6 is 0 Å². The average molecular weight is 269 g/mol. The van der Waals surface area contributed by atoms with Crippen LogP contribution in [0, 0.1) is 10.1 Å². The fourth-order valence-electron chi connectivity index (χ4n) is 2.63. The van der Waals surface area contributed by atoms with E-state index in [4.69, 9.17) is 4.74 Å². The van der Waals surface area contributed by atoms with Crippen LogP contribution in [-0.4, -0.2) is 12.0 Å². The van der Waals surface area contributed by atoms with E-state index in [-0.39, 0.29) is 10.6 Å². The normalized spacial score (nSPS) is 20.4. The third-order valence-electron chi connectivity index (χ3n) is 3.87. The Morgan fingerprint density at radius 2 is 1.50 bits per heavy atom. The molecule has 0 aliphatic heterocycles. The summed E-state index contributed by atoms with van der Waals surface area (Å²) in [4.78, 5) is 10.3. The standard InChI is InChI=1S/C16H15NO3/c1-20-14-8-4-12(5-9-14)16-10-15(16)11-2-6-13(7-3-11)17(18)19/h2-9,15-16H,10H2,1H3/t15-,16-/m0/s1. The fraction of sp³-hybridized carbons (Fsp3) is 0.250. The predicted molar refractivity (Wildman–Crippen MR) is 76.2 cm³/mol. The van der Waals surface area contributed by atoms with Crippen molar-refractivity contribution in [3.63, 3.8) is 0 Å². The van der Waals surface area contributed by atoms with Crippen LogP contribution in [0.2, 0.25) is 0 Å². The van der Waals surface area contributed by atoms with E-state index < -0.39 is 0 Å². The van der Waals surface area contributed by atoms with E-state index in [1.165, 1.54) is 11.1 Å². The van der Waals surface area contributed by atoms with E-state index in [0.717, 1.165) is 12.2 Å². The number of rotatable bonds is 4. The van der Waals surface area contributed by atoms with Crippen molar-refractivity contribution in [1.29, 1.82) is 0 Å². The van der Waals surface area contributed by atoms with Crippen molar-refractivity contribution in [2.45, 2.75) is 18.3 Å². The minimum atomic E-state index is -0.363. The molecule has 1 aliphatic carbocycles. The molecule has 4 heteroatoms. The van der Waals surface area contributed by atoms with Crippen LogP contribution in [0.3, 0.4) is 0 Å². The Labute approximate surface area is 117 Å². The molecule has 0 N–H and O–H groups in total. The van der Waals surface area contributed by atoms with Crippen molar-refractivity contribution in [3.8, 4) is 5.75 Å². The van der Waals surface area contributed by atoms with Gasteiger partial charge in [-0.3, -0.25) is 10.1 Å². The first-order chi connectivity index (χ1) is 9.69. The maximum atomic E-state index is 10.6. The zero-order chi connectivity index (χ0) is 14.1. The molecule has 1 aliphatic rings. The van der Waals surface area contributed by atoms with Gasteiger partial charge in [0.05, 0.1) is 12.0 Å².